The van der Waals surface area contributed by atoms with Crippen LogP contribution in [0.15, 0.2) is 0 Å². The molecule has 0 unspecified atom stereocenters. The van der Waals surface area contributed by atoms with Crippen molar-refractivity contribution < 1.29 is 39.0 Å². The third-order valence-electron chi connectivity index (χ3n) is 6.28. The molecule has 14 heteroatoms. The van der Waals surface area contributed by atoms with Crippen molar-refractivity contribution in [2.45, 2.75) is 110 Å². The number of carboxylic acids is 2. The first-order valence-electron chi connectivity index (χ1n) is 13.6. The molecule has 230 valence electrons. The number of unbranched alkanes of at least 4 members (excludes halogenated alkanes) is 1. The average Bonchev–Trinajstić information content (AvgIpc) is 2.83. The first kappa shape index (κ1) is 36.7. The highest BCUT2D eigenvalue weighted by atomic mass is 16.4. The molecule has 0 saturated carbocycles. The van der Waals surface area contributed by atoms with Crippen molar-refractivity contribution in [2.24, 2.45) is 23.3 Å². The molecule has 0 radical (unpaired) electrons. The van der Waals surface area contributed by atoms with Crippen molar-refractivity contribution in [3.8, 4) is 0 Å². The summed E-state index contributed by atoms with van der Waals surface area (Å²) >= 11 is 0. The zero-order chi connectivity index (χ0) is 31.2. The molecule has 4 amide bonds. The van der Waals surface area contributed by atoms with Gasteiger partial charge in [-0.3, -0.25) is 24.0 Å². The number of nitrogens with one attached hydrogen (secondary N) is 4. The number of carbonyl (C=O) groups excluding carboxylic acids is 4. The third-order valence-corrected chi connectivity index (χ3v) is 6.28. The Balaban J connectivity index is 5.93. The van der Waals surface area contributed by atoms with Gasteiger partial charge in [0.1, 0.15) is 24.2 Å². The third kappa shape index (κ3) is 13.7. The topological polar surface area (TPSA) is 243 Å². The smallest absolute Gasteiger partial charge is 0.326 e. The highest BCUT2D eigenvalue weighted by Gasteiger charge is 2.34. The normalized spacial score (nSPS) is 15.2. The minimum Gasteiger partial charge on any atom is -0.481 e. The van der Waals surface area contributed by atoms with Crippen LogP contribution < -0.4 is 32.7 Å². The molecular formula is C26H48N6O8. The van der Waals surface area contributed by atoms with Crippen molar-refractivity contribution in [1.29, 1.82) is 0 Å². The molecule has 0 aromatic rings. The Bertz CT molecular complexity index is 889. The van der Waals surface area contributed by atoms with E-state index in [0.29, 0.717) is 25.8 Å². The highest BCUT2D eigenvalue weighted by molar-refractivity contribution is 5.97. The maximum atomic E-state index is 13.2. The lowest BCUT2D eigenvalue weighted by Crippen LogP contribution is -2.60. The Morgan fingerprint density at radius 1 is 0.800 bits per heavy atom. The number of nitrogens with two attached hydrogens (primary N) is 2. The van der Waals surface area contributed by atoms with Crippen LogP contribution in [-0.2, 0) is 28.8 Å². The van der Waals surface area contributed by atoms with Gasteiger partial charge in [-0.25, -0.2) is 4.79 Å². The quantitative estimate of drug-likeness (QED) is 0.0917. The van der Waals surface area contributed by atoms with Crippen molar-refractivity contribution in [1.82, 2.24) is 21.3 Å². The van der Waals surface area contributed by atoms with Crippen LogP contribution in [0.2, 0.25) is 0 Å². The van der Waals surface area contributed by atoms with Crippen LogP contribution in [0, 0.1) is 11.8 Å². The number of hydrogen-bond donors (Lipinski definition) is 8. The van der Waals surface area contributed by atoms with E-state index in [4.69, 9.17) is 11.5 Å². The molecule has 14 nitrogen and oxygen atoms in total. The molecule has 0 bridgehead atoms. The van der Waals surface area contributed by atoms with Gasteiger partial charge in [-0.1, -0.05) is 34.1 Å². The molecule has 0 aliphatic carbocycles. The molecular weight excluding hydrogens is 524 g/mol. The van der Waals surface area contributed by atoms with E-state index >= 15 is 0 Å². The van der Waals surface area contributed by atoms with Crippen LogP contribution in [0.3, 0.4) is 0 Å². The summed E-state index contributed by atoms with van der Waals surface area (Å²) in [6.45, 7) is 10.3. The van der Waals surface area contributed by atoms with Crippen LogP contribution in [0.5, 0.6) is 0 Å². The molecule has 0 aliphatic rings. The summed E-state index contributed by atoms with van der Waals surface area (Å²) in [6.07, 6.45) is 0.909. The predicted molar refractivity (Wildman–Crippen MR) is 148 cm³/mol. The molecule has 0 saturated heterocycles. The maximum absolute atomic E-state index is 13.2. The summed E-state index contributed by atoms with van der Waals surface area (Å²) in [7, 11) is 0. The summed E-state index contributed by atoms with van der Waals surface area (Å²) < 4.78 is 0. The number of rotatable bonds is 19. The lowest BCUT2D eigenvalue weighted by Gasteiger charge is -2.28. The van der Waals surface area contributed by atoms with Gasteiger partial charge < -0.3 is 42.9 Å². The molecule has 5 atom stereocenters. The lowest BCUT2D eigenvalue weighted by atomic mass is 9.98. The van der Waals surface area contributed by atoms with Gasteiger partial charge in [0.2, 0.25) is 23.6 Å². The fourth-order valence-corrected chi connectivity index (χ4v) is 3.67. The van der Waals surface area contributed by atoms with Gasteiger partial charge in [-0.2, -0.15) is 0 Å². The number of carbonyl (C=O) groups is 6. The average molecular weight is 573 g/mol. The standard InChI is InChI=1S/C26H48N6O8/c1-7-15(4)20(24(38)39)32-21(35)16(10-8-9-11-27)29-23(37)18(13-19(33)34)30-22(36)17(12-14(2)3)31-25(40)26(5,6)28/h14-18,20H,7-13,27-28H2,1-6H3,(H,29,37)(H,30,36)(H,31,40)(H,32,35)(H,33,34)(H,38,39)/t15-,16-,17-,18-,20-/m0/s1. The second kappa shape index (κ2) is 17.4. The SMILES string of the molecule is CC[C@H](C)[C@H](NC(=O)[C@H](CCCCN)NC(=O)[C@H](CC(=O)O)NC(=O)[C@H](CC(C)C)NC(=O)C(C)(C)N)C(=O)O. The van der Waals surface area contributed by atoms with Gasteiger partial charge in [0, 0.05) is 0 Å². The maximum Gasteiger partial charge on any atom is 0.326 e. The number of amides is 4. The number of hydrogen-bond acceptors (Lipinski definition) is 8. The van der Waals surface area contributed by atoms with Gasteiger partial charge in [-0.15, -0.1) is 0 Å². The van der Waals surface area contributed by atoms with E-state index in [1.807, 2.05) is 13.8 Å². The van der Waals surface area contributed by atoms with Crippen LogP contribution in [0.25, 0.3) is 0 Å². The van der Waals surface area contributed by atoms with Gasteiger partial charge in [0.05, 0.1) is 12.0 Å². The molecule has 40 heavy (non-hydrogen) atoms. The monoisotopic (exact) mass is 572 g/mol. The Hall–Kier alpha value is -3.26. The Morgan fingerprint density at radius 3 is 1.77 bits per heavy atom. The van der Waals surface area contributed by atoms with E-state index in [0.717, 1.165) is 0 Å². The molecule has 0 aromatic heterocycles. The summed E-state index contributed by atoms with van der Waals surface area (Å²) in [5.74, 6) is -6.18. The van der Waals surface area contributed by atoms with E-state index < -0.39 is 77.6 Å². The van der Waals surface area contributed by atoms with Crippen molar-refractivity contribution in [2.75, 3.05) is 6.54 Å². The summed E-state index contributed by atoms with van der Waals surface area (Å²) in [5.41, 5.74) is 10.1. The molecule has 0 aliphatic heterocycles. The first-order chi connectivity index (χ1) is 18.4. The van der Waals surface area contributed by atoms with Crippen LogP contribution >= 0.6 is 0 Å². The van der Waals surface area contributed by atoms with Gasteiger partial charge in [-0.05, 0) is 57.9 Å². The fraction of sp³-hybridized carbons (Fsp3) is 0.769. The fourth-order valence-electron chi connectivity index (χ4n) is 3.67. The second-order valence-corrected chi connectivity index (χ2v) is 11.1. The van der Waals surface area contributed by atoms with E-state index in [1.165, 1.54) is 13.8 Å². The van der Waals surface area contributed by atoms with Gasteiger partial charge in [0.15, 0.2) is 0 Å². The largest absolute Gasteiger partial charge is 0.481 e. The van der Waals surface area contributed by atoms with Crippen molar-refractivity contribution >= 4 is 35.6 Å². The van der Waals surface area contributed by atoms with Crippen LogP contribution in [-0.4, -0.2) is 82.0 Å². The second-order valence-electron chi connectivity index (χ2n) is 11.1. The van der Waals surface area contributed by atoms with E-state index in [1.54, 1.807) is 13.8 Å². The Kier molecular flexibility index (Phi) is 16.0. The Morgan fingerprint density at radius 2 is 1.32 bits per heavy atom. The zero-order valence-corrected chi connectivity index (χ0v) is 24.4. The first-order valence-corrected chi connectivity index (χ1v) is 13.6. The Labute approximate surface area is 235 Å². The van der Waals surface area contributed by atoms with Gasteiger partial charge in [0.25, 0.3) is 0 Å². The van der Waals surface area contributed by atoms with E-state index in [2.05, 4.69) is 21.3 Å². The van der Waals surface area contributed by atoms with Crippen LogP contribution in [0.1, 0.15) is 80.1 Å². The molecule has 0 spiro atoms. The summed E-state index contributed by atoms with van der Waals surface area (Å²) in [6, 6.07) is -5.09. The molecule has 0 heterocycles. The highest BCUT2D eigenvalue weighted by Crippen LogP contribution is 2.11. The van der Waals surface area contributed by atoms with Gasteiger partial charge >= 0.3 is 11.9 Å². The summed E-state index contributed by atoms with van der Waals surface area (Å²) in [5, 5.41) is 28.8. The molecule has 10 N–H and O–H groups in total. The van der Waals surface area contributed by atoms with E-state index in [9.17, 15) is 39.0 Å². The number of aliphatic carboxylic acids is 2. The minimum absolute atomic E-state index is 0.0491. The van der Waals surface area contributed by atoms with Crippen LogP contribution in [0.4, 0.5) is 0 Å². The summed E-state index contributed by atoms with van der Waals surface area (Å²) in [4.78, 5) is 75.0. The number of carboxylic acid groups (broad SMARTS) is 2. The predicted octanol–water partition coefficient (Wildman–Crippen LogP) is -0.557. The zero-order valence-electron chi connectivity index (χ0n) is 24.4. The van der Waals surface area contributed by atoms with Crippen molar-refractivity contribution in [3.63, 3.8) is 0 Å². The molecule has 0 aromatic carbocycles. The molecule has 0 rings (SSSR count). The lowest BCUT2D eigenvalue weighted by molar-refractivity contribution is -0.144. The molecule has 0 fully saturated rings. The van der Waals surface area contributed by atoms with E-state index in [-0.39, 0.29) is 18.8 Å². The minimum atomic E-state index is -1.59. The van der Waals surface area contributed by atoms with Crippen molar-refractivity contribution in [3.05, 3.63) is 0 Å².